The number of hydrogen-bond donors (Lipinski definition) is 2. The third-order valence-corrected chi connectivity index (χ3v) is 10.7. The van der Waals surface area contributed by atoms with Gasteiger partial charge in [-0.15, -0.1) is 0 Å². The molecule has 4 aliphatic carbocycles. The number of hydrogen-bond acceptors (Lipinski definition) is 4. The van der Waals surface area contributed by atoms with E-state index in [9.17, 15) is 9.90 Å². The Hall–Kier alpha value is -3.31. The van der Waals surface area contributed by atoms with Crippen LogP contribution in [-0.2, 0) is 0 Å². The van der Waals surface area contributed by atoms with E-state index in [0.717, 1.165) is 67.2 Å². The van der Waals surface area contributed by atoms with Crippen LogP contribution in [0.15, 0.2) is 72.8 Å². The van der Waals surface area contributed by atoms with Crippen LogP contribution in [0.5, 0.6) is 5.75 Å². The number of benzene rings is 3. The Kier molecular flexibility index (Phi) is 7.02. The standard InChI is InChI=1S/C36H43N3O2/c1-25(29-5-7-30(8-6-29)32-3-2-4-34(40)20-32)38-13-15-39(16-14-38)33-11-9-31(10-12-33)35(41)37-24-36-21-26-17-27(22-36)19-28(18-26)23-36/h2-12,20,25-28,40H,13-19,21-24H2,1H3,(H,37,41). The van der Waals surface area contributed by atoms with Crippen molar-refractivity contribution in [3.05, 3.63) is 83.9 Å². The van der Waals surface area contributed by atoms with Crippen molar-refractivity contribution in [2.24, 2.45) is 23.2 Å². The van der Waals surface area contributed by atoms with Crippen molar-refractivity contribution in [1.82, 2.24) is 10.2 Å². The summed E-state index contributed by atoms with van der Waals surface area (Å²) < 4.78 is 0. The molecule has 1 aliphatic heterocycles. The average Bonchev–Trinajstić information content (AvgIpc) is 2.99. The summed E-state index contributed by atoms with van der Waals surface area (Å²) in [4.78, 5) is 18.0. The van der Waals surface area contributed by atoms with Gasteiger partial charge in [-0.1, -0.05) is 36.4 Å². The molecule has 0 radical (unpaired) electrons. The van der Waals surface area contributed by atoms with E-state index in [4.69, 9.17) is 0 Å². The molecule has 1 unspecified atom stereocenters. The Morgan fingerprint density at radius 3 is 2.10 bits per heavy atom. The molecule has 5 fully saturated rings. The van der Waals surface area contributed by atoms with Crippen LogP contribution in [0.1, 0.15) is 67.4 Å². The summed E-state index contributed by atoms with van der Waals surface area (Å²) in [6, 6.07) is 24.7. The summed E-state index contributed by atoms with van der Waals surface area (Å²) in [6.07, 6.45) is 8.30. The molecule has 5 nitrogen and oxygen atoms in total. The number of rotatable bonds is 7. The first-order valence-electron chi connectivity index (χ1n) is 15.7. The second-order valence-corrected chi connectivity index (χ2v) is 13.5. The third kappa shape index (κ3) is 5.49. The van der Waals surface area contributed by atoms with E-state index in [1.54, 1.807) is 12.1 Å². The van der Waals surface area contributed by atoms with Crippen LogP contribution in [-0.4, -0.2) is 48.6 Å². The zero-order valence-corrected chi connectivity index (χ0v) is 24.3. The minimum atomic E-state index is 0.0843. The van der Waals surface area contributed by atoms with E-state index in [0.29, 0.717) is 17.2 Å². The van der Waals surface area contributed by atoms with Gasteiger partial charge in [0.25, 0.3) is 5.91 Å². The van der Waals surface area contributed by atoms with Crippen LogP contribution >= 0.6 is 0 Å². The van der Waals surface area contributed by atoms with E-state index in [-0.39, 0.29) is 5.91 Å². The number of anilines is 1. The molecule has 0 spiro atoms. The number of phenolic OH excluding ortho intramolecular Hbond substituents is 1. The summed E-state index contributed by atoms with van der Waals surface area (Å²) in [7, 11) is 0. The normalized spacial score (nSPS) is 28.0. The van der Waals surface area contributed by atoms with E-state index in [1.807, 2.05) is 24.3 Å². The van der Waals surface area contributed by atoms with Crippen LogP contribution in [0.25, 0.3) is 11.1 Å². The Bertz CT molecular complexity index is 1340. The predicted molar refractivity (Wildman–Crippen MR) is 165 cm³/mol. The van der Waals surface area contributed by atoms with E-state index in [2.05, 4.69) is 58.4 Å². The number of phenols is 1. The summed E-state index contributed by atoms with van der Waals surface area (Å²) >= 11 is 0. The lowest BCUT2D eigenvalue weighted by molar-refractivity contribution is -0.0503. The molecule has 214 valence electrons. The van der Waals surface area contributed by atoms with Crippen molar-refractivity contribution in [3.63, 3.8) is 0 Å². The van der Waals surface area contributed by atoms with E-state index < -0.39 is 0 Å². The number of nitrogens with one attached hydrogen (secondary N) is 1. The first kappa shape index (κ1) is 26.6. The summed E-state index contributed by atoms with van der Waals surface area (Å²) in [5.41, 5.74) is 5.81. The van der Waals surface area contributed by atoms with Crippen LogP contribution < -0.4 is 10.2 Å². The predicted octanol–water partition coefficient (Wildman–Crippen LogP) is 6.89. The topological polar surface area (TPSA) is 55.8 Å². The number of piperazine rings is 1. The first-order valence-corrected chi connectivity index (χ1v) is 15.7. The Balaban J connectivity index is 0.911. The van der Waals surface area contributed by atoms with Gasteiger partial charge in [0.1, 0.15) is 5.75 Å². The third-order valence-electron chi connectivity index (χ3n) is 10.7. The zero-order chi connectivity index (χ0) is 28.0. The molecule has 5 heteroatoms. The Labute approximate surface area is 244 Å². The first-order chi connectivity index (χ1) is 19.9. The van der Waals surface area contributed by atoms with Crippen molar-refractivity contribution in [1.29, 1.82) is 0 Å². The van der Waals surface area contributed by atoms with Crippen molar-refractivity contribution in [3.8, 4) is 16.9 Å². The van der Waals surface area contributed by atoms with Gasteiger partial charge in [0, 0.05) is 50.0 Å². The van der Waals surface area contributed by atoms with Crippen LogP contribution in [0, 0.1) is 23.2 Å². The highest BCUT2D eigenvalue weighted by molar-refractivity contribution is 5.94. The molecule has 4 saturated carbocycles. The number of amides is 1. The van der Waals surface area contributed by atoms with Crippen molar-refractivity contribution in [2.45, 2.75) is 51.5 Å². The Morgan fingerprint density at radius 1 is 0.854 bits per heavy atom. The van der Waals surface area contributed by atoms with Crippen LogP contribution in [0.4, 0.5) is 5.69 Å². The van der Waals surface area contributed by atoms with Gasteiger partial charge in [0.2, 0.25) is 0 Å². The molecular formula is C36H43N3O2. The average molecular weight is 550 g/mol. The quantitative estimate of drug-likeness (QED) is 0.337. The fourth-order valence-electron chi connectivity index (χ4n) is 8.92. The second kappa shape index (κ2) is 10.8. The lowest BCUT2D eigenvalue weighted by Crippen LogP contribution is -2.51. The molecule has 0 aromatic heterocycles. The maximum atomic E-state index is 13.1. The van der Waals surface area contributed by atoms with Gasteiger partial charge in [-0.3, -0.25) is 9.69 Å². The number of nitrogens with zero attached hydrogens (tertiary/aromatic N) is 2. The molecular weight excluding hydrogens is 506 g/mol. The lowest BCUT2D eigenvalue weighted by Gasteiger charge is -2.56. The van der Waals surface area contributed by atoms with Crippen molar-refractivity contribution >= 4 is 11.6 Å². The van der Waals surface area contributed by atoms with E-state index in [1.165, 1.54) is 49.8 Å². The zero-order valence-electron chi connectivity index (χ0n) is 24.3. The molecule has 5 aliphatic rings. The number of carbonyl (C=O) groups is 1. The smallest absolute Gasteiger partial charge is 0.251 e. The lowest BCUT2D eigenvalue weighted by atomic mass is 9.49. The molecule has 1 amide bonds. The molecule has 2 N–H and O–H groups in total. The molecule has 4 bridgehead atoms. The van der Waals surface area contributed by atoms with Gasteiger partial charge in [0.15, 0.2) is 0 Å². The highest BCUT2D eigenvalue weighted by Crippen LogP contribution is 2.59. The summed E-state index contributed by atoms with van der Waals surface area (Å²) in [5.74, 6) is 3.12. The minimum absolute atomic E-state index is 0.0843. The monoisotopic (exact) mass is 549 g/mol. The van der Waals surface area contributed by atoms with Gasteiger partial charge < -0.3 is 15.3 Å². The van der Waals surface area contributed by atoms with Gasteiger partial charge in [-0.25, -0.2) is 0 Å². The van der Waals surface area contributed by atoms with Crippen molar-refractivity contribution < 1.29 is 9.90 Å². The van der Waals surface area contributed by atoms with Gasteiger partial charge in [0.05, 0.1) is 0 Å². The van der Waals surface area contributed by atoms with Crippen LogP contribution in [0.3, 0.4) is 0 Å². The summed E-state index contributed by atoms with van der Waals surface area (Å²) in [6.45, 7) is 7.10. The molecule has 3 aromatic rings. The molecule has 1 saturated heterocycles. The maximum absolute atomic E-state index is 13.1. The largest absolute Gasteiger partial charge is 0.508 e. The highest BCUT2D eigenvalue weighted by Gasteiger charge is 2.50. The molecule has 8 rings (SSSR count). The van der Waals surface area contributed by atoms with E-state index >= 15 is 0 Å². The van der Waals surface area contributed by atoms with Crippen LogP contribution in [0.2, 0.25) is 0 Å². The van der Waals surface area contributed by atoms with Gasteiger partial charge >= 0.3 is 0 Å². The molecule has 3 aromatic carbocycles. The fourth-order valence-corrected chi connectivity index (χ4v) is 8.92. The fraction of sp³-hybridized carbons (Fsp3) is 0.472. The Morgan fingerprint density at radius 2 is 1.49 bits per heavy atom. The maximum Gasteiger partial charge on any atom is 0.251 e. The molecule has 1 atom stereocenters. The summed E-state index contributed by atoms with van der Waals surface area (Å²) in [5, 5.41) is 13.1. The van der Waals surface area contributed by atoms with Gasteiger partial charge in [-0.05, 0) is 122 Å². The highest BCUT2D eigenvalue weighted by atomic mass is 16.3. The number of carbonyl (C=O) groups excluding carboxylic acids is 1. The number of aromatic hydroxyl groups is 1. The molecule has 41 heavy (non-hydrogen) atoms. The minimum Gasteiger partial charge on any atom is -0.508 e. The molecule has 1 heterocycles. The SMILES string of the molecule is CC(c1ccc(-c2cccc(O)c2)cc1)N1CCN(c2ccc(C(=O)NCC34CC5CC(CC(C5)C3)C4)cc2)CC1. The second-order valence-electron chi connectivity index (χ2n) is 13.5. The van der Waals surface area contributed by atoms with Crippen molar-refractivity contribution in [2.75, 3.05) is 37.6 Å². The van der Waals surface area contributed by atoms with Gasteiger partial charge in [-0.2, -0.15) is 0 Å².